The van der Waals surface area contributed by atoms with Crippen LogP contribution >= 0.6 is 0 Å². The van der Waals surface area contributed by atoms with Crippen LogP contribution in [0.1, 0.15) is 17.7 Å². The molecule has 5 aromatic rings. The molecule has 0 spiro atoms. The number of hydrogen-bond donors (Lipinski definition) is 0. The maximum Gasteiger partial charge on any atom is 0.160 e. The first-order chi connectivity index (χ1) is 16.8. The Balaban J connectivity index is 1.46. The smallest absolute Gasteiger partial charge is 0.160 e. The molecule has 0 radical (unpaired) electrons. The van der Waals surface area contributed by atoms with Gasteiger partial charge in [-0.1, -0.05) is 115 Å². The standard InChI is InChI=1S/C31H23N3/c1-4-10-22(11-5-1)23-16-18-26(19-17-23)31-33-28-21-20-27(24-12-6-2-7-13-24)32-30(28)29(34-31)25-14-8-3-9-15-25/h1-19H,20-21H2. The molecule has 2 heterocycles. The number of hydrogen-bond acceptors (Lipinski definition) is 3. The fourth-order valence-electron chi connectivity index (χ4n) is 4.43. The number of benzene rings is 4. The van der Waals surface area contributed by atoms with Crippen molar-refractivity contribution in [3.63, 3.8) is 0 Å². The zero-order chi connectivity index (χ0) is 22.7. The van der Waals surface area contributed by atoms with E-state index in [0.29, 0.717) is 0 Å². The summed E-state index contributed by atoms with van der Waals surface area (Å²) in [6.45, 7) is 0. The van der Waals surface area contributed by atoms with E-state index in [1.807, 2.05) is 30.3 Å². The molecule has 0 atom stereocenters. The molecule has 0 bridgehead atoms. The Morgan fingerprint density at radius 2 is 0.971 bits per heavy atom. The Hall–Kier alpha value is -4.37. The minimum absolute atomic E-state index is 0.746. The summed E-state index contributed by atoms with van der Waals surface area (Å²) in [5.74, 6) is 0.746. The number of nitrogens with zero attached hydrogens (tertiary/aromatic N) is 3. The molecule has 34 heavy (non-hydrogen) atoms. The lowest BCUT2D eigenvalue weighted by Gasteiger charge is -2.19. The highest BCUT2D eigenvalue weighted by atomic mass is 15.0. The van der Waals surface area contributed by atoms with Gasteiger partial charge in [-0.05, 0) is 29.5 Å². The lowest BCUT2D eigenvalue weighted by Crippen LogP contribution is -2.11. The maximum absolute atomic E-state index is 5.07. The van der Waals surface area contributed by atoms with Gasteiger partial charge in [0.1, 0.15) is 11.4 Å². The molecule has 3 heteroatoms. The molecule has 0 aliphatic carbocycles. The largest absolute Gasteiger partial charge is 0.249 e. The monoisotopic (exact) mass is 437 g/mol. The molecule has 1 aliphatic heterocycles. The Kier molecular flexibility index (Phi) is 5.29. The average molecular weight is 438 g/mol. The molecule has 0 fully saturated rings. The van der Waals surface area contributed by atoms with Crippen LogP contribution in [0.4, 0.5) is 5.69 Å². The molecule has 0 saturated carbocycles. The summed E-state index contributed by atoms with van der Waals surface area (Å²) in [6.07, 6.45) is 1.72. The third-order valence-corrected chi connectivity index (χ3v) is 6.21. The number of aromatic nitrogens is 2. The third kappa shape index (κ3) is 3.93. The molecule has 4 aromatic carbocycles. The average Bonchev–Trinajstić information content (AvgIpc) is 2.94. The van der Waals surface area contributed by atoms with Crippen LogP contribution < -0.4 is 0 Å². The highest BCUT2D eigenvalue weighted by Crippen LogP contribution is 2.37. The predicted octanol–water partition coefficient (Wildman–Crippen LogP) is 7.54. The van der Waals surface area contributed by atoms with Crippen LogP contribution in [0.15, 0.2) is 120 Å². The van der Waals surface area contributed by atoms with E-state index in [1.54, 1.807) is 0 Å². The van der Waals surface area contributed by atoms with Crippen molar-refractivity contribution in [2.24, 2.45) is 4.99 Å². The van der Waals surface area contributed by atoms with Crippen molar-refractivity contribution in [2.45, 2.75) is 12.8 Å². The second-order valence-electron chi connectivity index (χ2n) is 8.43. The molecule has 0 N–H and O–H groups in total. The second-order valence-corrected chi connectivity index (χ2v) is 8.43. The third-order valence-electron chi connectivity index (χ3n) is 6.21. The summed E-state index contributed by atoms with van der Waals surface area (Å²) < 4.78 is 0. The van der Waals surface area contributed by atoms with Gasteiger partial charge in [-0.3, -0.25) is 0 Å². The fraction of sp³-hybridized carbons (Fsp3) is 0.0645. The van der Waals surface area contributed by atoms with Gasteiger partial charge in [-0.15, -0.1) is 0 Å². The van der Waals surface area contributed by atoms with Crippen LogP contribution in [0.25, 0.3) is 33.8 Å². The first kappa shape index (κ1) is 20.3. The van der Waals surface area contributed by atoms with E-state index in [-0.39, 0.29) is 0 Å². The van der Waals surface area contributed by atoms with Gasteiger partial charge in [0.2, 0.25) is 0 Å². The lowest BCUT2D eigenvalue weighted by molar-refractivity contribution is 0.931. The van der Waals surface area contributed by atoms with Gasteiger partial charge in [0.15, 0.2) is 5.82 Å². The molecule has 6 rings (SSSR count). The zero-order valence-corrected chi connectivity index (χ0v) is 18.7. The summed E-state index contributed by atoms with van der Waals surface area (Å²) >= 11 is 0. The molecular weight excluding hydrogens is 414 g/mol. The van der Waals surface area contributed by atoms with Crippen molar-refractivity contribution < 1.29 is 0 Å². The molecular formula is C31H23N3. The summed E-state index contributed by atoms with van der Waals surface area (Å²) in [4.78, 5) is 15.1. The van der Waals surface area contributed by atoms with Crippen molar-refractivity contribution in [2.75, 3.05) is 0 Å². The molecule has 0 amide bonds. The highest BCUT2D eigenvalue weighted by Gasteiger charge is 2.21. The molecule has 162 valence electrons. The maximum atomic E-state index is 5.07. The van der Waals surface area contributed by atoms with Crippen LogP contribution in [-0.2, 0) is 6.42 Å². The van der Waals surface area contributed by atoms with Crippen molar-refractivity contribution in [3.05, 3.63) is 127 Å². The minimum Gasteiger partial charge on any atom is -0.249 e. The van der Waals surface area contributed by atoms with Gasteiger partial charge >= 0.3 is 0 Å². The van der Waals surface area contributed by atoms with E-state index >= 15 is 0 Å². The summed E-state index contributed by atoms with van der Waals surface area (Å²) in [5.41, 5.74) is 9.49. The lowest BCUT2D eigenvalue weighted by atomic mass is 9.98. The predicted molar refractivity (Wildman–Crippen MR) is 139 cm³/mol. The quantitative estimate of drug-likeness (QED) is 0.291. The van der Waals surface area contributed by atoms with E-state index in [9.17, 15) is 0 Å². The van der Waals surface area contributed by atoms with Crippen LogP contribution in [0.2, 0.25) is 0 Å². The van der Waals surface area contributed by atoms with E-state index in [4.69, 9.17) is 15.0 Å². The number of aliphatic imine (C=N–C) groups is 1. The van der Waals surface area contributed by atoms with Crippen LogP contribution in [0.3, 0.4) is 0 Å². The van der Waals surface area contributed by atoms with Crippen molar-refractivity contribution in [3.8, 4) is 33.8 Å². The van der Waals surface area contributed by atoms with Crippen molar-refractivity contribution in [1.82, 2.24) is 9.97 Å². The summed E-state index contributed by atoms with van der Waals surface area (Å²) in [5, 5.41) is 0. The minimum atomic E-state index is 0.746. The first-order valence-electron chi connectivity index (χ1n) is 11.6. The van der Waals surface area contributed by atoms with Crippen LogP contribution in [0, 0.1) is 0 Å². The molecule has 0 unspecified atom stereocenters. The number of fused-ring (bicyclic) bond motifs is 1. The van der Waals surface area contributed by atoms with Gasteiger partial charge < -0.3 is 0 Å². The van der Waals surface area contributed by atoms with Crippen LogP contribution in [-0.4, -0.2) is 15.7 Å². The highest BCUT2D eigenvalue weighted by molar-refractivity contribution is 6.04. The molecule has 0 saturated heterocycles. The fourth-order valence-corrected chi connectivity index (χ4v) is 4.43. The summed E-state index contributed by atoms with van der Waals surface area (Å²) in [6, 6.07) is 39.6. The molecule has 1 aliphatic rings. The Morgan fingerprint density at radius 1 is 0.441 bits per heavy atom. The molecule has 1 aromatic heterocycles. The Morgan fingerprint density at radius 3 is 1.62 bits per heavy atom. The van der Waals surface area contributed by atoms with E-state index in [0.717, 1.165) is 58.1 Å². The Labute approximate surface area is 199 Å². The number of aryl methyl sites for hydroxylation is 1. The van der Waals surface area contributed by atoms with E-state index in [2.05, 4.69) is 84.9 Å². The zero-order valence-electron chi connectivity index (χ0n) is 18.7. The van der Waals surface area contributed by atoms with E-state index < -0.39 is 0 Å². The second kappa shape index (κ2) is 8.87. The van der Waals surface area contributed by atoms with Gasteiger partial charge in [0.05, 0.1) is 5.69 Å². The van der Waals surface area contributed by atoms with Crippen LogP contribution in [0.5, 0.6) is 0 Å². The SMILES string of the molecule is c1ccc(C2=Nc3c(nc(-c4ccc(-c5ccccc5)cc4)nc3-c3ccccc3)CC2)cc1. The number of rotatable bonds is 4. The topological polar surface area (TPSA) is 38.1 Å². The van der Waals surface area contributed by atoms with Gasteiger partial charge in [-0.2, -0.15) is 0 Å². The molecule has 3 nitrogen and oxygen atoms in total. The van der Waals surface area contributed by atoms with Crippen molar-refractivity contribution in [1.29, 1.82) is 0 Å². The summed E-state index contributed by atoms with van der Waals surface area (Å²) in [7, 11) is 0. The van der Waals surface area contributed by atoms with Gasteiger partial charge in [0.25, 0.3) is 0 Å². The first-order valence-corrected chi connectivity index (χ1v) is 11.6. The van der Waals surface area contributed by atoms with E-state index in [1.165, 1.54) is 11.1 Å². The Bertz CT molecular complexity index is 1460. The van der Waals surface area contributed by atoms with Crippen molar-refractivity contribution >= 4 is 11.4 Å². The van der Waals surface area contributed by atoms with Gasteiger partial charge in [0, 0.05) is 16.8 Å². The van der Waals surface area contributed by atoms with Gasteiger partial charge in [-0.25, -0.2) is 15.0 Å². The normalized spacial score (nSPS) is 12.6.